The Hall–Kier alpha value is -1.09. The molecule has 5 nitrogen and oxygen atoms in total. The number of rotatable bonds is 4. The van der Waals surface area contributed by atoms with Crippen molar-refractivity contribution in [2.24, 2.45) is 0 Å². The first-order chi connectivity index (χ1) is 9.58. The van der Waals surface area contributed by atoms with Crippen molar-refractivity contribution in [3.63, 3.8) is 0 Å². The summed E-state index contributed by atoms with van der Waals surface area (Å²) in [5, 5.41) is 4.32. The van der Waals surface area contributed by atoms with Gasteiger partial charge in [-0.3, -0.25) is 0 Å². The number of halogens is 2. The summed E-state index contributed by atoms with van der Waals surface area (Å²) in [5.74, 6) is 0.379. The zero-order valence-electron chi connectivity index (χ0n) is 10.9. The normalized spacial score (nSPS) is 10.4. The smallest absolute Gasteiger partial charge is 0.343 e. The van der Waals surface area contributed by atoms with Crippen LogP contribution in [0.15, 0.2) is 28.9 Å². The molecule has 0 aliphatic rings. The summed E-state index contributed by atoms with van der Waals surface area (Å²) in [6.07, 6.45) is 0. The van der Waals surface area contributed by atoms with Crippen LogP contribution < -0.4 is 4.74 Å². The third kappa shape index (κ3) is 2.98. The molecular formula is C13H12BrIN2O3. The molecule has 7 heteroatoms. The van der Waals surface area contributed by atoms with E-state index in [1.165, 1.54) is 0 Å². The average molecular weight is 451 g/mol. The van der Waals surface area contributed by atoms with E-state index in [-0.39, 0.29) is 5.97 Å². The van der Waals surface area contributed by atoms with E-state index < -0.39 is 0 Å². The molecule has 1 aromatic carbocycles. The Bertz CT molecular complexity index is 625. The Labute approximate surface area is 138 Å². The molecule has 0 spiro atoms. The fourth-order valence-corrected chi connectivity index (χ4v) is 3.38. The van der Waals surface area contributed by atoms with E-state index in [1.54, 1.807) is 18.7 Å². The van der Waals surface area contributed by atoms with Gasteiger partial charge in [0.2, 0.25) is 0 Å². The first kappa shape index (κ1) is 15.3. The summed E-state index contributed by atoms with van der Waals surface area (Å²) in [5.41, 5.74) is 1.27. The summed E-state index contributed by atoms with van der Waals surface area (Å²) in [7, 11) is 1.61. The highest BCUT2D eigenvalue weighted by atomic mass is 127. The van der Waals surface area contributed by atoms with Crippen LogP contribution in [0.1, 0.15) is 17.3 Å². The van der Waals surface area contributed by atoms with Gasteiger partial charge in [0.05, 0.1) is 19.4 Å². The van der Waals surface area contributed by atoms with E-state index in [9.17, 15) is 4.79 Å². The highest BCUT2D eigenvalue weighted by Gasteiger charge is 2.22. The first-order valence-corrected chi connectivity index (χ1v) is 7.71. The van der Waals surface area contributed by atoms with E-state index in [0.717, 1.165) is 11.4 Å². The molecule has 0 saturated heterocycles. The van der Waals surface area contributed by atoms with Crippen molar-refractivity contribution < 1.29 is 14.3 Å². The average Bonchev–Trinajstić information content (AvgIpc) is 2.74. The summed E-state index contributed by atoms with van der Waals surface area (Å²) >= 11 is 5.38. The number of ether oxygens (including phenoxy) is 2. The number of carbonyl (C=O) groups excluding carboxylic acids is 1. The molecule has 0 amide bonds. The summed E-state index contributed by atoms with van der Waals surface area (Å²) < 4.78 is 13.0. The van der Waals surface area contributed by atoms with Gasteiger partial charge in [0.15, 0.2) is 0 Å². The molecule has 0 radical (unpaired) electrons. The lowest BCUT2D eigenvalue weighted by Gasteiger charge is -2.05. The van der Waals surface area contributed by atoms with Gasteiger partial charge in [-0.05, 0) is 69.7 Å². The van der Waals surface area contributed by atoms with Gasteiger partial charge in [0.1, 0.15) is 19.6 Å². The van der Waals surface area contributed by atoms with Crippen LogP contribution in [0.25, 0.3) is 5.69 Å². The van der Waals surface area contributed by atoms with Crippen molar-refractivity contribution in [2.75, 3.05) is 13.7 Å². The minimum Gasteiger partial charge on any atom is -0.497 e. The van der Waals surface area contributed by atoms with Crippen molar-refractivity contribution in [3.8, 4) is 11.4 Å². The van der Waals surface area contributed by atoms with Gasteiger partial charge in [0.25, 0.3) is 0 Å². The number of esters is 1. The number of benzene rings is 1. The predicted molar refractivity (Wildman–Crippen MR) is 86.5 cm³/mol. The van der Waals surface area contributed by atoms with Gasteiger partial charge >= 0.3 is 5.97 Å². The number of nitrogens with zero attached hydrogens (tertiary/aromatic N) is 2. The Balaban J connectivity index is 2.42. The van der Waals surface area contributed by atoms with Crippen LogP contribution >= 0.6 is 38.5 Å². The lowest BCUT2D eigenvalue weighted by Crippen LogP contribution is -2.07. The standard InChI is InChI=1S/C13H12BrIN2O3/c1-3-20-13(18)10-11(14)16-17(12(10)15)8-4-6-9(19-2)7-5-8/h4-7H,3H2,1-2H3. The van der Waals surface area contributed by atoms with Crippen molar-refractivity contribution in [2.45, 2.75) is 6.92 Å². The highest BCUT2D eigenvalue weighted by Crippen LogP contribution is 2.26. The van der Waals surface area contributed by atoms with Crippen LogP contribution in [0, 0.1) is 3.70 Å². The van der Waals surface area contributed by atoms with Crippen LogP contribution in [0.4, 0.5) is 0 Å². The van der Waals surface area contributed by atoms with Gasteiger partial charge < -0.3 is 9.47 Å². The minimum absolute atomic E-state index is 0.328. The predicted octanol–water partition coefficient (Wildman–Crippen LogP) is 3.42. The Kier molecular flexibility index (Phi) is 5.03. The van der Waals surface area contributed by atoms with Crippen molar-refractivity contribution in [1.29, 1.82) is 0 Å². The van der Waals surface area contributed by atoms with Gasteiger partial charge in [-0.2, -0.15) is 5.10 Å². The molecular weight excluding hydrogens is 439 g/mol. The molecule has 2 aromatic rings. The molecule has 0 saturated carbocycles. The molecule has 1 heterocycles. The Morgan fingerprint density at radius 1 is 1.40 bits per heavy atom. The number of carbonyl (C=O) groups is 1. The first-order valence-electron chi connectivity index (χ1n) is 5.84. The molecule has 20 heavy (non-hydrogen) atoms. The fourth-order valence-electron chi connectivity index (χ4n) is 1.64. The largest absolute Gasteiger partial charge is 0.497 e. The van der Waals surface area contributed by atoms with Crippen molar-refractivity contribution in [3.05, 3.63) is 38.1 Å². The quantitative estimate of drug-likeness (QED) is 0.529. The van der Waals surface area contributed by atoms with Crippen molar-refractivity contribution in [1.82, 2.24) is 9.78 Å². The summed E-state index contributed by atoms with van der Waals surface area (Å²) in [6.45, 7) is 2.10. The summed E-state index contributed by atoms with van der Waals surface area (Å²) in [4.78, 5) is 11.9. The van der Waals surface area contributed by atoms with E-state index in [0.29, 0.717) is 20.5 Å². The van der Waals surface area contributed by atoms with Crippen LogP contribution in [-0.2, 0) is 4.74 Å². The number of aromatic nitrogens is 2. The zero-order valence-corrected chi connectivity index (χ0v) is 14.6. The van der Waals surface area contributed by atoms with Crippen LogP contribution in [-0.4, -0.2) is 29.5 Å². The topological polar surface area (TPSA) is 53.3 Å². The molecule has 2 rings (SSSR count). The third-order valence-corrected chi connectivity index (χ3v) is 4.13. The third-order valence-electron chi connectivity index (χ3n) is 2.58. The molecule has 0 aliphatic carbocycles. The summed E-state index contributed by atoms with van der Waals surface area (Å²) in [6, 6.07) is 7.42. The maximum absolute atomic E-state index is 11.9. The van der Waals surface area contributed by atoms with Gasteiger partial charge in [-0.25, -0.2) is 9.48 Å². The maximum Gasteiger partial charge on any atom is 0.343 e. The lowest BCUT2D eigenvalue weighted by molar-refractivity contribution is 0.0524. The SMILES string of the molecule is CCOC(=O)c1c(Br)nn(-c2ccc(OC)cc2)c1I. The zero-order chi connectivity index (χ0) is 14.7. The lowest BCUT2D eigenvalue weighted by atomic mass is 10.3. The molecule has 106 valence electrons. The van der Waals surface area contributed by atoms with E-state index >= 15 is 0 Å². The molecule has 0 N–H and O–H groups in total. The van der Waals surface area contributed by atoms with Gasteiger partial charge in [-0.1, -0.05) is 0 Å². The number of methoxy groups -OCH3 is 1. The molecule has 0 fully saturated rings. The number of hydrogen-bond acceptors (Lipinski definition) is 4. The minimum atomic E-state index is -0.386. The molecule has 1 aromatic heterocycles. The van der Waals surface area contributed by atoms with E-state index in [2.05, 4.69) is 43.6 Å². The fraction of sp³-hybridized carbons (Fsp3) is 0.231. The van der Waals surface area contributed by atoms with E-state index in [1.807, 2.05) is 24.3 Å². The second-order valence-corrected chi connectivity index (χ2v) is 5.56. The second kappa shape index (κ2) is 6.57. The Morgan fingerprint density at radius 3 is 2.60 bits per heavy atom. The van der Waals surface area contributed by atoms with E-state index in [4.69, 9.17) is 9.47 Å². The van der Waals surface area contributed by atoms with Crippen LogP contribution in [0.3, 0.4) is 0 Å². The molecule has 0 unspecified atom stereocenters. The highest BCUT2D eigenvalue weighted by molar-refractivity contribution is 14.1. The van der Waals surface area contributed by atoms with Gasteiger partial charge in [-0.15, -0.1) is 0 Å². The second-order valence-electron chi connectivity index (χ2n) is 3.79. The number of hydrogen-bond donors (Lipinski definition) is 0. The molecule has 0 atom stereocenters. The molecule has 0 aliphatic heterocycles. The molecule has 0 bridgehead atoms. The van der Waals surface area contributed by atoms with Crippen LogP contribution in [0.2, 0.25) is 0 Å². The monoisotopic (exact) mass is 450 g/mol. The van der Waals surface area contributed by atoms with Crippen LogP contribution in [0.5, 0.6) is 5.75 Å². The van der Waals surface area contributed by atoms with Gasteiger partial charge in [0, 0.05) is 0 Å². The maximum atomic E-state index is 11.9. The van der Waals surface area contributed by atoms with Crippen molar-refractivity contribution >= 4 is 44.5 Å². The Morgan fingerprint density at radius 2 is 2.05 bits per heavy atom.